The molecule has 2 N–H and O–H groups in total. The molecule has 18 heavy (non-hydrogen) atoms. The van der Waals surface area contributed by atoms with E-state index >= 15 is 0 Å². The Bertz CT molecular complexity index is 530. The number of aromatic nitrogens is 2. The summed E-state index contributed by atoms with van der Waals surface area (Å²) in [5.74, 6) is 0.446. The molecule has 96 valence electrons. The molecule has 0 aromatic carbocycles. The van der Waals surface area contributed by atoms with Crippen molar-refractivity contribution in [1.29, 1.82) is 0 Å². The summed E-state index contributed by atoms with van der Waals surface area (Å²) >= 11 is 7.76. The van der Waals surface area contributed by atoms with Gasteiger partial charge in [0.15, 0.2) is 0 Å². The molecule has 0 spiro atoms. The fourth-order valence-electron chi connectivity index (χ4n) is 1.53. The summed E-state index contributed by atoms with van der Waals surface area (Å²) in [5.41, 5.74) is 9.31. The maximum absolute atomic E-state index is 6.12. The lowest BCUT2D eigenvalue weighted by atomic mass is 10.2. The molecule has 2 aromatic heterocycles. The van der Waals surface area contributed by atoms with E-state index in [2.05, 4.69) is 9.97 Å². The van der Waals surface area contributed by atoms with Gasteiger partial charge in [0.05, 0.1) is 17.8 Å². The van der Waals surface area contributed by atoms with Crippen molar-refractivity contribution in [2.75, 3.05) is 6.61 Å². The average molecular weight is 284 g/mol. The first-order valence-electron chi connectivity index (χ1n) is 5.57. The van der Waals surface area contributed by atoms with Crippen LogP contribution in [-0.4, -0.2) is 16.6 Å². The quantitative estimate of drug-likeness (QED) is 0.916. The summed E-state index contributed by atoms with van der Waals surface area (Å²) in [4.78, 5) is 9.52. The Morgan fingerprint density at radius 3 is 2.94 bits per heavy atom. The molecule has 0 bridgehead atoms. The highest BCUT2D eigenvalue weighted by Gasteiger charge is 2.08. The third-order valence-corrected chi connectivity index (χ3v) is 3.97. The van der Waals surface area contributed by atoms with Gasteiger partial charge in [-0.1, -0.05) is 11.6 Å². The summed E-state index contributed by atoms with van der Waals surface area (Å²) in [5, 5.41) is 0.501. The molecule has 0 saturated heterocycles. The molecule has 6 heteroatoms. The van der Waals surface area contributed by atoms with E-state index in [0.717, 1.165) is 17.7 Å². The average Bonchev–Trinajstić information content (AvgIpc) is 2.77. The second-order valence-corrected chi connectivity index (χ2v) is 5.07. The van der Waals surface area contributed by atoms with Crippen LogP contribution in [0.25, 0.3) is 0 Å². The number of hydrogen-bond acceptors (Lipinski definition) is 5. The monoisotopic (exact) mass is 283 g/mol. The SMILES string of the molecule is Cc1ncsc1CCOc1nccc(CN)c1Cl. The van der Waals surface area contributed by atoms with E-state index in [-0.39, 0.29) is 0 Å². The van der Waals surface area contributed by atoms with Gasteiger partial charge >= 0.3 is 0 Å². The second kappa shape index (κ2) is 6.13. The van der Waals surface area contributed by atoms with E-state index in [9.17, 15) is 0 Å². The number of hydrogen-bond donors (Lipinski definition) is 1. The standard InChI is InChI=1S/C12H14ClN3OS/c1-8-10(18-7-16-8)3-5-17-12-11(13)9(6-14)2-4-15-12/h2,4,7H,3,5-6,14H2,1H3. The van der Waals surface area contributed by atoms with Gasteiger partial charge in [0.2, 0.25) is 5.88 Å². The van der Waals surface area contributed by atoms with Gasteiger partial charge in [-0.2, -0.15) is 0 Å². The Hall–Kier alpha value is -1.17. The molecule has 0 atom stereocenters. The lowest BCUT2D eigenvalue weighted by molar-refractivity contribution is 0.310. The Kier molecular flexibility index (Phi) is 4.52. The highest BCUT2D eigenvalue weighted by molar-refractivity contribution is 7.09. The van der Waals surface area contributed by atoms with Gasteiger partial charge in [0.1, 0.15) is 5.02 Å². The number of rotatable bonds is 5. The van der Waals surface area contributed by atoms with E-state index in [1.165, 1.54) is 4.88 Å². The molecule has 2 heterocycles. The molecule has 0 amide bonds. The molecule has 0 aliphatic rings. The smallest absolute Gasteiger partial charge is 0.232 e. The van der Waals surface area contributed by atoms with Crippen molar-refractivity contribution < 1.29 is 4.74 Å². The maximum atomic E-state index is 6.12. The highest BCUT2D eigenvalue weighted by atomic mass is 35.5. The predicted molar refractivity (Wildman–Crippen MR) is 73.2 cm³/mol. The van der Waals surface area contributed by atoms with Gasteiger partial charge in [-0.25, -0.2) is 9.97 Å². The molecule has 0 unspecified atom stereocenters. The van der Waals surface area contributed by atoms with Crippen molar-refractivity contribution in [3.8, 4) is 5.88 Å². The fourth-order valence-corrected chi connectivity index (χ4v) is 2.53. The first kappa shape index (κ1) is 13.3. The van der Waals surface area contributed by atoms with Gasteiger partial charge in [-0.3, -0.25) is 0 Å². The van der Waals surface area contributed by atoms with E-state index < -0.39 is 0 Å². The summed E-state index contributed by atoms with van der Waals surface area (Å²) in [6, 6.07) is 1.79. The molecule has 0 aliphatic heterocycles. The topological polar surface area (TPSA) is 61.0 Å². The second-order valence-electron chi connectivity index (χ2n) is 3.75. The van der Waals surface area contributed by atoms with Crippen LogP contribution in [0.3, 0.4) is 0 Å². The van der Waals surface area contributed by atoms with Crippen molar-refractivity contribution >= 4 is 22.9 Å². The first-order chi connectivity index (χ1) is 8.72. The van der Waals surface area contributed by atoms with Crippen molar-refractivity contribution in [2.45, 2.75) is 19.9 Å². The number of pyridine rings is 1. The lowest BCUT2D eigenvalue weighted by Gasteiger charge is -2.08. The third kappa shape index (κ3) is 2.98. The van der Waals surface area contributed by atoms with E-state index in [0.29, 0.717) is 24.1 Å². The normalized spacial score (nSPS) is 10.6. The van der Waals surface area contributed by atoms with Crippen LogP contribution in [-0.2, 0) is 13.0 Å². The number of aryl methyl sites for hydroxylation is 1. The predicted octanol–water partition coefficient (Wildman–Crippen LogP) is 2.58. The third-order valence-electron chi connectivity index (χ3n) is 2.57. The van der Waals surface area contributed by atoms with Crippen molar-refractivity contribution in [3.63, 3.8) is 0 Å². The minimum atomic E-state index is 0.381. The summed E-state index contributed by atoms with van der Waals surface area (Å²) in [6.07, 6.45) is 2.46. The Balaban J connectivity index is 1.96. The van der Waals surface area contributed by atoms with E-state index in [1.807, 2.05) is 12.4 Å². The minimum absolute atomic E-state index is 0.381. The van der Waals surface area contributed by atoms with Gasteiger partial charge in [-0.15, -0.1) is 11.3 Å². The van der Waals surface area contributed by atoms with Crippen LogP contribution in [0, 0.1) is 6.92 Å². The summed E-state index contributed by atoms with van der Waals surface area (Å²) in [7, 11) is 0. The number of nitrogens with two attached hydrogens (primary N) is 1. The van der Waals surface area contributed by atoms with Crippen LogP contribution in [0.2, 0.25) is 5.02 Å². The Morgan fingerprint density at radius 2 is 2.28 bits per heavy atom. The molecule has 0 radical (unpaired) electrons. The lowest BCUT2D eigenvalue weighted by Crippen LogP contribution is -2.05. The number of nitrogens with zero attached hydrogens (tertiary/aromatic N) is 2. The largest absolute Gasteiger partial charge is 0.476 e. The van der Waals surface area contributed by atoms with E-state index in [1.54, 1.807) is 23.6 Å². The molecular formula is C12H14ClN3OS. The van der Waals surface area contributed by atoms with Gasteiger partial charge in [-0.05, 0) is 18.6 Å². The van der Waals surface area contributed by atoms with Crippen LogP contribution in [0.4, 0.5) is 0 Å². The van der Waals surface area contributed by atoms with Crippen molar-refractivity contribution in [2.24, 2.45) is 5.73 Å². The molecule has 0 aliphatic carbocycles. The molecule has 2 rings (SSSR count). The zero-order chi connectivity index (χ0) is 13.0. The Labute approximate surface area is 115 Å². The zero-order valence-corrected chi connectivity index (χ0v) is 11.6. The van der Waals surface area contributed by atoms with Gasteiger partial charge in [0.25, 0.3) is 0 Å². The van der Waals surface area contributed by atoms with Crippen LogP contribution in [0.1, 0.15) is 16.1 Å². The summed E-state index contributed by atoms with van der Waals surface area (Å²) in [6.45, 7) is 2.90. The number of thiazole rings is 1. The van der Waals surface area contributed by atoms with Crippen LogP contribution >= 0.6 is 22.9 Å². The fraction of sp³-hybridized carbons (Fsp3) is 0.333. The van der Waals surface area contributed by atoms with Gasteiger partial charge in [0, 0.05) is 24.0 Å². The number of ether oxygens (including phenoxy) is 1. The highest BCUT2D eigenvalue weighted by Crippen LogP contribution is 2.25. The summed E-state index contributed by atoms with van der Waals surface area (Å²) < 4.78 is 5.59. The molecular weight excluding hydrogens is 270 g/mol. The van der Waals surface area contributed by atoms with Crippen LogP contribution in [0.5, 0.6) is 5.88 Å². The first-order valence-corrected chi connectivity index (χ1v) is 6.83. The molecule has 0 fully saturated rings. The van der Waals surface area contributed by atoms with Crippen LogP contribution < -0.4 is 10.5 Å². The zero-order valence-electron chi connectivity index (χ0n) is 10.0. The molecule has 4 nitrogen and oxygen atoms in total. The van der Waals surface area contributed by atoms with Crippen molar-refractivity contribution in [1.82, 2.24) is 9.97 Å². The molecule has 2 aromatic rings. The van der Waals surface area contributed by atoms with Crippen molar-refractivity contribution in [3.05, 3.63) is 38.9 Å². The van der Waals surface area contributed by atoms with Gasteiger partial charge < -0.3 is 10.5 Å². The molecule has 0 saturated carbocycles. The maximum Gasteiger partial charge on any atom is 0.232 e. The van der Waals surface area contributed by atoms with E-state index in [4.69, 9.17) is 22.1 Å². The van der Waals surface area contributed by atoms with Crippen LogP contribution in [0.15, 0.2) is 17.8 Å². The Morgan fingerprint density at radius 1 is 1.44 bits per heavy atom. The number of halogens is 1. The minimum Gasteiger partial charge on any atom is -0.476 e.